The van der Waals surface area contributed by atoms with E-state index in [4.69, 9.17) is 10.00 Å². The molecule has 0 saturated heterocycles. The van der Waals surface area contributed by atoms with E-state index < -0.39 is 0 Å². The normalized spacial score (nSPS) is 13.4. The molecule has 0 unspecified atom stereocenters. The first-order valence-electron chi connectivity index (χ1n) is 8.22. The summed E-state index contributed by atoms with van der Waals surface area (Å²) in [5.41, 5.74) is 1.71. The van der Waals surface area contributed by atoms with E-state index in [1.807, 2.05) is 18.2 Å². The first-order valence-corrected chi connectivity index (χ1v) is 9.01. The molecule has 5 heteroatoms. The van der Waals surface area contributed by atoms with Gasteiger partial charge in [0, 0.05) is 29.3 Å². The van der Waals surface area contributed by atoms with Gasteiger partial charge < -0.3 is 9.64 Å². The van der Waals surface area contributed by atoms with Crippen LogP contribution in [-0.4, -0.2) is 18.1 Å². The molecule has 1 heterocycles. The molecular weight excluding hydrogens is 366 g/mol. The highest BCUT2D eigenvalue weighted by molar-refractivity contribution is 9.10. The number of benzene rings is 1. The topological polar surface area (TPSA) is 49.1 Å². The average molecular weight is 386 g/mol. The molecule has 0 bridgehead atoms. The smallest absolute Gasteiger partial charge is 0.128 e. The molecule has 0 amide bonds. The van der Waals surface area contributed by atoms with Crippen LogP contribution in [0.5, 0.6) is 5.75 Å². The Bertz CT molecular complexity index is 735. The molecule has 124 valence electrons. The summed E-state index contributed by atoms with van der Waals surface area (Å²) in [4.78, 5) is 6.58. The van der Waals surface area contributed by atoms with Gasteiger partial charge in [0.15, 0.2) is 0 Å². The van der Waals surface area contributed by atoms with E-state index in [0.717, 1.165) is 47.2 Å². The lowest BCUT2D eigenvalue weighted by molar-refractivity contribution is 0.296. The van der Waals surface area contributed by atoms with Gasteiger partial charge in [-0.2, -0.15) is 5.26 Å². The largest absolute Gasteiger partial charge is 0.493 e. The summed E-state index contributed by atoms with van der Waals surface area (Å²) in [6, 6.07) is 12.0. The standard InChI is InChI=1S/C19H20BrN3O/c1-2-23(19-8-5-15(10-21)11-22-19)12-16-9-17(20)6-7-18(16)24-13-14-3-4-14/h5-9,11,14H,2-4,12-13H2,1H3. The zero-order valence-corrected chi connectivity index (χ0v) is 15.3. The number of hydrogen-bond acceptors (Lipinski definition) is 4. The molecule has 1 aromatic carbocycles. The van der Waals surface area contributed by atoms with Gasteiger partial charge in [-0.25, -0.2) is 4.98 Å². The van der Waals surface area contributed by atoms with Crippen LogP contribution in [0.4, 0.5) is 5.82 Å². The zero-order chi connectivity index (χ0) is 16.9. The molecular formula is C19H20BrN3O. The molecule has 0 radical (unpaired) electrons. The molecule has 1 fully saturated rings. The molecule has 0 atom stereocenters. The van der Waals surface area contributed by atoms with Gasteiger partial charge in [-0.15, -0.1) is 0 Å². The third-order valence-electron chi connectivity index (χ3n) is 4.14. The molecule has 24 heavy (non-hydrogen) atoms. The van der Waals surface area contributed by atoms with Crippen LogP contribution >= 0.6 is 15.9 Å². The van der Waals surface area contributed by atoms with E-state index in [-0.39, 0.29) is 0 Å². The van der Waals surface area contributed by atoms with Crippen molar-refractivity contribution in [2.75, 3.05) is 18.1 Å². The molecule has 0 spiro atoms. The number of anilines is 1. The number of pyridine rings is 1. The predicted molar refractivity (Wildman–Crippen MR) is 98.0 cm³/mol. The molecule has 1 aromatic heterocycles. The van der Waals surface area contributed by atoms with Gasteiger partial charge in [-0.3, -0.25) is 0 Å². The number of halogens is 1. The van der Waals surface area contributed by atoms with Crippen molar-refractivity contribution in [2.45, 2.75) is 26.3 Å². The monoisotopic (exact) mass is 385 g/mol. The highest BCUT2D eigenvalue weighted by atomic mass is 79.9. The average Bonchev–Trinajstić information content (AvgIpc) is 3.43. The van der Waals surface area contributed by atoms with Gasteiger partial charge in [0.1, 0.15) is 17.6 Å². The van der Waals surface area contributed by atoms with Crippen LogP contribution in [0.3, 0.4) is 0 Å². The lowest BCUT2D eigenvalue weighted by Crippen LogP contribution is -2.23. The molecule has 3 rings (SSSR count). The molecule has 0 aliphatic heterocycles. The Kier molecular flexibility index (Phi) is 5.37. The van der Waals surface area contributed by atoms with Crippen molar-refractivity contribution in [3.05, 3.63) is 52.1 Å². The fourth-order valence-electron chi connectivity index (χ4n) is 2.50. The van der Waals surface area contributed by atoms with Gasteiger partial charge in [-0.1, -0.05) is 15.9 Å². The van der Waals surface area contributed by atoms with Crippen LogP contribution < -0.4 is 9.64 Å². The summed E-state index contributed by atoms with van der Waals surface area (Å²) in [5.74, 6) is 2.53. The van der Waals surface area contributed by atoms with Crippen molar-refractivity contribution < 1.29 is 4.74 Å². The second-order valence-corrected chi connectivity index (χ2v) is 6.95. The molecule has 0 N–H and O–H groups in total. The summed E-state index contributed by atoms with van der Waals surface area (Å²) in [7, 11) is 0. The fourth-order valence-corrected chi connectivity index (χ4v) is 2.91. The maximum Gasteiger partial charge on any atom is 0.128 e. The second-order valence-electron chi connectivity index (χ2n) is 6.04. The lowest BCUT2D eigenvalue weighted by Gasteiger charge is -2.23. The van der Waals surface area contributed by atoms with E-state index in [9.17, 15) is 0 Å². The Morgan fingerprint density at radius 1 is 1.33 bits per heavy atom. The Morgan fingerprint density at radius 3 is 2.79 bits per heavy atom. The number of aromatic nitrogens is 1. The fraction of sp³-hybridized carbons (Fsp3) is 0.368. The Labute approximate surface area is 151 Å². The van der Waals surface area contributed by atoms with E-state index in [1.54, 1.807) is 12.3 Å². The summed E-state index contributed by atoms with van der Waals surface area (Å²) < 4.78 is 7.06. The van der Waals surface area contributed by atoms with Crippen molar-refractivity contribution in [1.29, 1.82) is 5.26 Å². The molecule has 1 saturated carbocycles. The summed E-state index contributed by atoms with van der Waals surface area (Å²) in [5, 5.41) is 8.91. The summed E-state index contributed by atoms with van der Waals surface area (Å²) >= 11 is 3.55. The predicted octanol–water partition coefficient (Wildman–Crippen LogP) is 4.53. The second kappa shape index (κ2) is 7.67. The van der Waals surface area contributed by atoms with Gasteiger partial charge >= 0.3 is 0 Å². The van der Waals surface area contributed by atoms with Crippen molar-refractivity contribution >= 4 is 21.7 Å². The Hall–Kier alpha value is -2.06. The minimum Gasteiger partial charge on any atom is -0.493 e. The van der Waals surface area contributed by atoms with Crippen molar-refractivity contribution in [3.8, 4) is 11.8 Å². The molecule has 4 nitrogen and oxygen atoms in total. The van der Waals surface area contributed by atoms with Crippen molar-refractivity contribution in [1.82, 2.24) is 4.98 Å². The molecule has 2 aromatic rings. The van der Waals surface area contributed by atoms with Crippen LogP contribution in [0.15, 0.2) is 41.0 Å². The third kappa shape index (κ3) is 4.27. The van der Waals surface area contributed by atoms with Gasteiger partial charge in [0.25, 0.3) is 0 Å². The minimum absolute atomic E-state index is 0.575. The van der Waals surface area contributed by atoms with Crippen molar-refractivity contribution in [3.63, 3.8) is 0 Å². The van der Waals surface area contributed by atoms with Crippen LogP contribution in [0.2, 0.25) is 0 Å². The van der Waals surface area contributed by atoms with Crippen molar-refractivity contribution in [2.24, 2.45) is 5.92 Å². The van der Waals surface area contributed by atoms with Gasteiger partial charge in [-0.05, 0) is 56.0 Å². The van der Waals surface area contributed by atoms with Gasteiger partial charge in [0.05, 0.1) is 12.2 Å². The zero-order valence-electron chi connectivity index (χ0n) is 13.7. The highest BCUT2D eigenvalue weighted by Crippen LogP contribution is 2.32. The minimum atomic E-state index is 0.575. The SMILES string of the molecule is CCN(Cc1cc(Br)ccc1OCC1CC1)c1ccc(C#N)cn1. The van der Waals surface area contributed by atoms with Gasteiger partial charge in [0.2, 0.25) is 0 Å². The van der Waals surface area contributed by atoms with Crippen LogP contribution in [-0.2, 0) is 6.54 Å². The van der Waals surface area contributed by atoms with E-state index >= 15 is 0 Å². The Morgan fingerprint density at radius 2 is 2.17 bits per heavy atom. The van der Waals surface area contributed by atoms with E-state index in [2.05, 4.69) is 44.9 Å². The highest BCUT2D eigenvalue weighted by Gasteiger charge is 2.22. The lowest BCUT2D eigenvalue weighted by atomic mass is 10.2. The number of ether oxygens (including phenoxy) is 1. The van der Waals surface area contributed by atoms with Crippen LogP contribution in [0, 0.1) is 17.2 Å². The number of nitrogens with zero attached hydrogens (tertiary/aromatic N) is 3. The maximum atomic E-state index is 8.91. The number of rotatable bonds is 7. The molecule has 1 aliphatic carbocycles. The summed E-state index contributed by atoms with van der Waals surface area (Å²) in [6.07, 6.45) is 4.17. The van der Waals surface area contributed by atoms with Crippen LogP contribution in [0.25, 0.3) is 0 Å². The molecule has 1 aliphatic rings. The summed E-state index contributed by atoms with van der Waals surface area (Å²) in [6.45, 7) is 4.45. The van der Waals surface area contributed by atoms with E-state index in [0.29, 0.717) is 5.56 Å². The number of nitriles is 1. The quantitative estimate of drug-likeness (QED) is 0.702. The first kappa shape index (κ1) is 16.8. The van der Waals surface area contributed by atoms with Crippen LogP contribution in [0.1, 0.15) is 30.9 Å². The Balaban J connectivity index is 1.78. The third-order valence-corrected chi connectivity index (χ3v) is 4.63. The first-order chi connectivity index (χ1) is 11.7. The number of hydrogen-bond donors (Lipinski definition) is 0. The van der Waals surface area contributed by atoms with E-state index in [1.165, 1.54) is 12.8 Å². The maximum absolute atomic E-state index is 8.91.